The number of nitrogens with zero attached hydrogens (tertiary/aromatic N) is 1. The molecule has 2 rings (SSSR count). The molecule has 0 fully saturated rings. The molecular weight excluding hydrogens is 322 g/mol. The van der Waals surface area contributed by atoms with Gasteiger partial charge >= 0.3 is 0 Å². The summed E-state index contributed by atoms with van der Waals surface area (Å²) in [6.07, 6.45) is 0. The lowest BCUT2D eigenvalue weighted by Gasteiger charge is -2.11. The number of carbonyl (C=O) groups is 1. The second-order valence-electron chi connectivity index (χ2n) is 4.65. The largest absolute Gasteiger partial charge is 0.326 e. The Morgan fingerprint density at radius 3 is 1.96 bits per heavy atom. The molecule has 2 aromatic carbocycles. The Bertz CT molecular complexity index is 786. The molecule has 23 heavy (non-hydrogen) atoms. The van der Waals surface area contributed by atoms with Crippen LogP contribution >= 0.6 is 0 Å². The molecule has 0 unspecified atom stereocenters. The van der Waals surface area contributed by atoms with E-state index in [1.54, 1.807) is 0 Å². The predicted molar refractivity (Wildman–Crippen MR) is 84.0 cm³/mol. The Labute approximate surface area is 132 Å². The van der Waals surface area contributed by atoms with E-state index >= 15 is 0 Å². The van der Waals surface area contributed by atoms with Gasteiger partial charge in [-0.2, -0.15) is 0 Å². The minimum absolute atomic E-state index is 0.0293. The van der Waals surface area contributed by atoms with Crippen LogP contribution in [0.4, 0.5) is 17.1 Å². The molecule has 122 valence electrons. The third-order valence-corrected chi connectivity index (χ3v) is 4.23. The van der Waals surface area contributed by atoms with E-state index in [9.17, 15) is 13.2 Å². The number of hydrogen-bond acceptors (Lipinski definition) is 6. The summed E-state index contributed by atoms with van der Waals surface area (Å²) in [5.74, 6) is -0.249. The molecule has 2 aromatic rings. The Balaban J connectivity index is 2.16. The third-order valence-electron chi connectivity index (χ3n) is 2.84. The molecule has 0 aliphatic rings. The highest BCUT2D eigenvalue weighted by atomic mass is 32.2. The molecule has 0 aromatic heterocycles. The number of hydrogen-bond donors (Lipinski definition) is 4. The number of amides is 1. The van der Waals surface area contributed by atoms with Crippen molar-refractivity contribution < 1.29 is 23.6 Å². The van der Waals surface area contributed by atoms with Crippen molar-refractivity contribution in [3.05, 3.63) is 48.5 Å². The average Bonchev–Trinajstić information content (AvgIpc) is 2.47. The maximum Gasteiger partial charge on any atom is 0.261 e. The molecule has 4 N–H and O–H groups in total. The van der Waals surface area contributed by atoms with Gasteiger partial charge in [0.15, 0.2) is 0 Å². The smallest absolute Gasteiger partial charge is 0.261 e. The first-order valence-corrected chi connectivity index (χ1v) is 7.95. The highest BCUT2D eigenvalue weighted by molar-refractivity contribution is 7.92. The zero-order chi connectivity index (χ0) is 17.0. The number of sulfonamides is 1. The predicted octanol–water partition coefficient (Wildman–Crippen LogP) is 2.03. The van der Waals surface area contributed by atoms with E-state index in [1.807, 2.05) is 0 Å². The number of rotatable bonds is 5. The van der Waals surface area contributed by atoms with Crippen molar-refractivity contribution >= 4 is 33.0 Å². The lowest BCUT2D eigenvalue weighted by molar-refractivity contribution is -0.114. The summed E-state index contributed by atoms with van der Waals surface area (Å²) in [7, 11) is -3.79. The standard InChI is InChI=1S/C14H15N3O5S/c1-10(18)15-11-4-8-14(9-5-11)23(21,22)16-12-2-6-13(7-3-12)17(19)20/h2-9,16,19-20H,1H3,(H,15,18). The summed E-state index contributed by atoms with van der Waals surface area (Å²) in [5.41, 5.74) is 0.848. The van der Waals surface area contributed by atoms with Gasteiger partial charge in [0.1, 0.15) is 0 Å². The molecule has 0 aliphatic heterocycles. The Hall–Kier alpha value is -2.62. The van der Waals surface area contributed by atoms with Crippen LogP contribution in [0.5, 0.6) is 0 Å². The molecule has 0 aliphatic carbocycles. The van der Waals surface area contributed by atoms with Gasteiger partial charge in [0, 0.05) is 18.3 Å². The van der Waals surface area contributed by atoms with Gasteiger partial charge < -0.3 is 5.32 Å². The van der Waals surface area contributed by atoms with Gasteiger partial charge in [-0.3, -0.25) is 19.9 Å². The van der Waals surface area contributed by atoms with Gasteiger partial charge in [-0.05, 0) is 48.5 Å². The molecule has 0 radical (unpaired) electrons. The zero-order valence-corrected chi connectivity index (χ0v) is 12.9. The molecule has 9 heteroatoms. The molecule has 0 saturated carbocycles. The van der Waals surface area contributed by atoms with Crippen LogP contribution in [0.15, 0.2) is 53.4 Å². The number of benzene rings is 2. The molecule has 0 saturated heterocycles. The number of carbonyl (C=O) groups excluding carboxylic acids is 1. The Morgan fingerprint density at radius 2 is 1.48 bits per heavy atom. The van der Waals surface area contributed by atoms with Crippen LogP contribution < -0.4 is 15.3 Å². The van der Waals surface area contributed by atoms with Crippen molar-refractivity contribution in [2.45, 2.75) is 11.8 Å². The van der Waals surface area contributed by atoms with E-state index in [0.717, 1.165) is 0 Å². The van der Waals surface area contributed by atoms with Gasteiger partial charge in [-0.25, -0.2) is 8.42 Å². The van der Waals surface area contributed by atoms with Crippen LogP contribution in [0, 0.1) is 0 Å². The quantitative estimate of drug-likeness (QED) is 0.620. The Kier molecular flexibility index (Phi) is 4.84. The summed E-state index contributed by atoms with van der Waals surface area (Å²) in [6, 6.07) is 11.1. The summed E-state index contributed by atoms with van der Waals surface area (Å²) in [4.78, 5) is 11.0. The van der Waals surface area contributed by atoms with Crippen molar-refractivity contribution in [2.75, 3.05) is 15.3 Å². The van der Waals surface area contributed by atoms with Gasteiger partial charge in [0.05, 0.1) is 10.6 Å². The second kappa shape index (κ2) is 6.65. The lowest BCUT2D eigenvalue weighted by atomic mass is 10.3. The fourth-order valence-electron chi connectivity index (χ4n) is 1.80. The van der Waals surface area contributed by atoms with Crippen molar-refractivity contribution in [3.8, 4) is 0 Å². The fraction of sp³-hybridized carbons (Fsp3) is 0.0714. The van der Waals surface area contributed by atoms with Crippen LogP contribution in [0.3, 0.4) is 0 Å². The van der Waals surface area contributed by atoms with E-state index < -0.39 is 10.0 Å². The van der Waals surface area contributed by atoms with Gasteiger partial charge in [-0.1, -0.05) is 0 Å². The molecule has 0 spiro atoms. The van der Waals surface area contributed by atoms with Crippen LogP contribution in [0.2, 0.25) is 0 Å². The van der Waals surface area contributed by atoms with Crippen LogP contribution in [-0.2, 0) is 14.8 Å². The SMILES string of the molecule is CC(=O)Nc1ccc(S(=O)(=O)Nc2ccc(N(O)O)cc2)cc1. The summed E-state index contributed by atoms with van der Waals surface area (Å²) in [5, 5.41) is 20.1. The molecule has 0 atom stereocenters. The first-order valence-electron chi connectivity index (χ1n) is 6.46. The Morgan fingerprint density at radius 1 is 0.957 bits per heavy atom. The number of nitrogens with one attached hydrogen (secondary N) is 2. The van der Waals surface area contributed by atoms with E-state index in [-0.39, 0.29) is 27.4 Å². The van der Waals surface area contributed by atoms with Crippen LogP contribution in [0.25, 0.3) is 0 Å². The first kappa shape index (κ1) is 16.7. The third kappa shape index (κ3) is 4.42. The first-order chi connectivity index (χ1) is 10.8. The van der Waals surface area contributed by atoms with E-state index in [4.69, 9.17) is 10.4 Å². The van der Waals surface area contributed by atoms with Crippen LogP contribution in [0.1, 0.15) is 6.92 Å². The van der Waals surface area contributed by atoms with Gasteiger partial charge in [-0.15, -0.1) is 5.23 Å². The minimum Gasteiger partial charge on any atom is -0.326 e. The summed E-state index contributed by atoms with van der Waals surface area (Å²) in [6.45, 7) is 1.36. The van der Waals surface area contributed by atoms with E-state index in [2.05, 4.69) is 10.0 Å². The van der Waals surface area contributed by atoms with Gasteiger partial charge in [0.2, 0.25) is 5.91 Å². The summed E-state index contributed by atoms with van der Waals surface area (Å²) >= 11 is 0. The molecule has 0 heterocycles. The normalized spacial score (nSPS) is 10.9. The van der Waals surface area contributed by atoms with Gasteiger partial charge in [0.25, 0.3) is 10.0 Å². The highest BCUT2D eigenvalue weighted by Gasteiger charge is 2.14. The topological polar surface area (TPSA) is 119 Å². The maximum absolute atomic E-state index is 12.2. The lowest BCUT2D eigenvalue weighted by Crippen LogP contribution is -2.14. The monoisotopic (exact) mass is 337 g/mol. The van der Waals surface area contributed by atoms with Crippen LogP contribution in [-0.4, -0.2) is 24.7 Å². The van der Waals surface area contributed by atoms with Crippen molar-refractivity contribution in [1.82, 2.24) is 0 Å². The average molecular weight is 337 g/mol. The zero-order valence-electron chi connectivity index (χ0n) is 12.1. The van der Waals surface area contributed by atoms with E-state index in [0.29, 0.717) is 5.69 Å². The number of anilines is 3. The maximum atomic E-state index is 12.2. The second-order valence-corrected chi connectivity index (χ2v) is 6.33. The highest BCUT2D eigenvalue weighted by Crippen LogP contribution is 2.20. The molecule has 8 nitrogen and oxygen atoms in total. The molecule has 0 bridgehead atoms. The molecule has 1 amide bonds. The minimum atomic E-state index is -3.79. The van der Waals surface area contributed by atoms with Crippen molar-refractivity contribution in [3.63, 3.8) is 0 Å². The fourth-order valence-corrected chi connectivity index (χ4v) is 2.86. The molecular formula is C14H15N3O5S. The van der Waals surface area contributed by atoms with Crippen molar-refractivity contribution in [1.29, 1.82) is 0 Å². The van der Waals surface area contributed by atoms with E-state index in [1.165, 1.54) is 55.5 Å². The van der Waals surface area contributed by atoms with Crippen molar-refractivity contribution in [2.24, 2.45) is 0 Å². The summed E-state index contributed by atoms with van der Waals surface area (Å²) < 4.78 is 26.9.